The van der Waals surface area contributed by atoms with E-state index >= 15 is 0 Å². The van der Waals surface area contributed by atoms with Crippen LogP contribution >= 0.6 is 0 Å². The monoisotopic (exact) mass is 337 g/mol. The zero-order chi connectivity index (χ0) is 17.0. The number of rotatable bonds is 6. The van der Waals surface area contributed by atoms with Crippen molar-refractivity contribution in [2.75, 3.05) is 7.05 Å². The number of benzene rings is 2. The normalized spacial score (nSPS) is 11.9. The van der Waals surface area contributed by atoms with E-state index in [4.69, 9.17) is 4.74 Å². The molecule has 2 rings (SSSR count). The molecule has 0 saturated heterocycles. The molecule has 0 N–H and O–H groups in total. The lowest BCUT2D eigenvalue weighted by atomic mass is 10.2. The maximum absolute atomic E-state index is 13.3. The molecule has 0 bridgehead atoms. The van der Waals surface area contributed by atoms with Crippen LogP contribution in [-0.4, -0.2) is 25.9 Å². The minimum atomic E-state index is -3.74. The first-order chi connectivity index (χ1) is 10.8. The molecule has 23 heavy (non-hydrogen) atoms. The maximum Gasteiger partial charge on any atom is 0.243 e. The number of ether oxygens (including phenoxy) is 1. The van der Waals surface area contributed by atoms with Crippen molar-refractivity contribution < 1.29 is 17.5 Å². The van der Waals surface area contributed by atoms with Gasteiger partial charge in [-0.3, -0.25) is 0 Å². The van der Waals surface area contributed by atoms with Gasteiger partial charge in [0.05, 0.1) is 11.0 Å². The average Bonchev–Trinajstić information content (AvgIpc) is 2.46. The van der Waals surface area contributed by atoms with Gasteiger partial charge in [0.2, 0.25) is 10.0 Å². The molecule has 0 unspecified atom stereocenters. The molecule has 0 aliphatic heterocycles. The van der Waals surface area contributed by atoms with E-state index in [9.17, 15) is 12.8 Å². The first kappa shape index (κ1) is 17.4. The van der Waals surface area contributed by atoms with Crippen LogP contribution in [0.1, 0.15) is 19.4 Å². The number of hydrogen-bond acceptors (Lipinski definition) is 3. The number of hydrogen-bond donors (Lipinski definition) is 0. The summed E-state index contributed by atoms with van der Waals surface area (Å²) in [5, 5.41) is 0. The smallest absolute Gasteiger partial charge is 0.243 e. The molecule has 0 heterocycles. The molecule has 124 valence electrons. The van der Waals surface area contributed by atoms with Crippen molar-refractivity contribution in [3.63, 3.8) is 0 Å². The quantitative estimate of drug-likeness (QED) is 0.811. The largest absolute Gasteiger partial charge is 0.491 e. The average molecular weight is 337 g/mol. The zero-order valence-electron chi connectivity index (χ0n) is 13.4. The Morgan fingerprint density at radius 2 is 1.83 bits per heavy atom. The van der Waals surface area contributed by atoms with Gasteiger partial charge in [0.25, 0.3) is 0 Å². The van der Waals surface area contributed by atoms with Crippen molar-refractivity contribution in [2.45, 2.75) is 31.4 Å². The SMILES string of the molecule is CC(C)Oc1cccc(CN(C)S(=O)(=O)c2cccc(F)c2)c1. The van der Waals surface area contributed by atoms with Crippen LogP contribution in [0, 0.1) is 5.82 Å². The van der Waals surface area contributed by atoms with E-state index in [1.165, 1.54) is 29.6 Å². The Bertz CT molecular complexity index is 775. The molecule has 2 aromatic carbocycles. The summed E-state index contributed by atoms with van der Waals surface area (Å²) < 4.78 is 45.0. The highest BCUT2D eigenvalue weighted by molar-refractivity contribution is 7.89. The van der Waals surface area contributed by atoms with Crippen molar-refractivity contribution in [2.24, 2.45) is 0 Å². The predicted molar refractivity (Wildman–Crippen MR) is 87.3 cm³/mol. The van der Waals surface area contributed by atoms with Gasteiger partial charge < -0.3 is 4.74 Å². The third kappa shape index (κ3) is 4.53. The van der Waals surface area contributed by atoms with Gasteiger partial charge >= 0.3 is 0 Å². The van der Waals surface area contributed by atoms with Gasteiger partial charge in [-0.1, -0.05) is 18.2 Å². The second kappa shape index (κ2) is 7.10. The van der Waals surface area contributed by atoms with Gasteiger partial charge in [0, 0.05) is 13.6 Å². The molecule has 0 atom stereocenters. The Labute approximate surface area is 136 Å². The highest BCUT2D eigenvalue weighted by Crippen LogP contribution is 2.20. The fraction of sp³-hybridized carbons (Fsp3) is 0.294. The van der Waals surface area contributed by atoms with E-state index < -0.39 is 15.8 Å². The lowest BCUT2D eigenvalue weighted by Gasteiger charge is -2.18. The van der Waals surface area contributed by atoms with E-state index in [-0.39, 0.29) is 17.5 Å². The van der Waals surface area contributed by atoms with Crippen LogP contribution in [-0.2, 0) is 16.6 Å². The van der Waals surface area contributed by atoms with Crippen LogP contribution in [0.2, 0.25) is 0 Å². The molecule has 4 nitrogen and oxygen atoms in total. The van der Waals surface area contributed by atoms with E-state index in [1.54, 1.807) is 6.07 Å². The fourth-order valence-corrected chi connectivity index (χ4v) is 3.33. The summed E-state index contributed by atoms with van der Waals surface area (Å²) in [6.07, 6.45) is 0.0407. The topological polar surface area (TPSA) is 46.6 Å². The molecule has 6 heteroatoms. The zero-order valence-corrected chi connectivity index (χ0v) is 14.2. The molecule has 0 fully saturated rings. The summed E-state index contributed by atoms with van der Waals surface area (Å²) in [7, 11) is -2.27. The van der Waals surface area contributed by atoms with Crippen molar-refractivity contribution in [1.29, 1.82) is 0 Å². The molecular formula is C17H20FNO3S. The van der Waals surface area contributed by atoms with Gasteiger partial charge in [-0.2, -0.15) is 4.31 Å². The number of halogens is 1. The summed E-state index contributed by atoms with van der Waals surface area (Å²) >= 11 is 0. The summed E-state index contributed by atoms with van der Waals surface area (Å²) in [5.41, 5.74) is 0.797. The van der Waals surface area contributed by atoms with Crippen molar-refractivity contribution in [3.05, 3.63) is 59.9 Å². The minimum absolute atomic E-state index is 0.0407. The van der Waals surface area contributed by atoms with Gasteiger partial charge in [-0.25, -0.2) is 12.8 Å². The third-order valence-corrected chi connectivity index (χ3v) is 4.98. The van der Waals surface area contributed by atoms with Crippen LogP contribution < -0.4 is 4.74 Å². The highest BCUT2D eigenvalue weighted by Gasteiger charge is 2.21. The Hall–Kier alpha value is -1.92. The fourth-order valence-electron chi connectivity index (χ4n) is 2.14. The first-order valence-corrected chi connectivity index (χ1v) is 8.70. The van der Waals surface area contributed by atoms with Crippen molar-refractivity contribution in [1.82, 2.24) is 4.31 Å². The Morgan fingerprint density at radius 3 is 2.48 bits per heavy atom. The van der Waals surface area contributed by atoms with Crippen LogP contribution in [0.4, 0.5) is 4.39 Å². The van der Waals surface area contributed by atoms with E-state index in [1.807, 2.05) is 32.0 Å². The lowest BCUT2D eigenvalue weighted by Crippen LogP contribution is -2.26. The van der Waals surface area contributed by atoms with Gasteiger partial charge in [-0.15, -0.1) is 0 Å². The molecule has 0 aliphatic carbocycles. The molecule has 0 saturated carbocycles. The molecule has 0 spiro atoms. The standard InChI is InChI=1S/C17H20FNO3S/c1-13(2)22-16-8-4-6-14(10-16)12-19(3)23(20,21)17-9-5-7-15(18)11-17/h4-11,13H,12H2,1-3H3. The predicted octanol–water partition coefficient (Wildman–Crippen LogP) is 3.43. The van der Waals surface area contributed by atoms with E-state index in [2.05, 4.69) is 0 Å². The Kier molecular flexibility index (Phi) is 5.38. The molecule has 0 aliphatic rings. The Balaban J connectivity index is 2.19. The number of nitrogens with zero attached hydrogens (tertiary/aromatic N) is 1. The van der Waals surface area contributed by atoms with Gasteiger partial charge in [-0.05, 0) is 49.7 Å². The van der Waals surface area contributed by atoms with Crippen LogP contribution in [0.25, 0.3) is 0 Å². The summed E-state index contributed by atoms with van der Waals surface area (Å²) in [4.78, 5) is -0.0606. The van der Waals surface area contributed by atoms with Crippen molar-refractivity contribution >= 4 is 10.0 Å². The first-order valence-electron chi connectivity index (χ1n) is 7.26. The minimum Gasteiger partial charge on any atom is -0.491 e. The van der Waals surface area contributed by atoms with Crippen LogP contribution in [0.3, 0.4) is 0 Å². The molecule has 0 aromatic heterocycles. The third-order valence-electron chi connectivity index (χ3n) is 3.18. The summed E-state index contributed by atoms with van der Waals surface area (Å²) in [6.45, 7) is 4.02. The summed E-state index contributed by atoms with van der Waals surface area (Å²) in [6, 6.07) is 12.3. The maximum atomic E-state index is 13.3. The molecule has 2 aromatic rings. The van der Waals surface area contributed by atoms with E-state index in [0.717, 1.165) is 11.6 Å². The summed E-state index contributed by atoms with van der Waals surface area (Å²) in [5.74, 6) is 0.112. The Morgan fingerprint density at radius 1 is 1.13 bits per heavy atom. The van der Waals surface area contributed by atoms with Gasteiger partial charge in [0.1, 0.15) is 11.6 Å². The van der Waals surface area contributed by atoms with Crippen molar-refractivity contribution in [3.8, 4) is 5.75 Å². The molecule has 0 amide bonds. The second-order valence-corrected chi connectivity index (χ2v) is 7.58. The van der Waals surface area contributed by atoms with Crippen LogP contribution in [0.5, 0.6) is 5.75 Å². The molecular weight excluding hydrogens is 317 g/mol. The van der Waals surface area contributed by atoms with Gasteiger partial charge in [0.15, 0.2) is 0 Å². The number of sulfonamides is 1. The highest BCUT2D eigenvalue weighted by atomic mass is 32.2. The second-order valence-electron chi connectivity index (χ2n) is 5.53. The molecule has 0 radical (unpaired) electrons. The van der Waals surface area contributed by atoms with E-state index in [0.29, 0.717) is 5.75 Å². The lowest BCUT2D eigenvalue weighted by molar-refractivity contribution is 0.242. The van der Waals surface area contributed by atoms with Crippen LogP contribution in [0.15, 0.2) is 53.4 Å².